The maximum atomic E-state index is 14.5. The average molecular weight is 399 g/mol. The molecule has 3 aromatic rings. The third-order valence-electron chi connectivity index (χ3n) is 5.30. The summed E-state index contributed by atoms with van der Waals surface area (Å²) in [4.78, 5) is 10.4. The van der Waals surface area contributed by atoms with Crippen LogP contribution in [0.15, 0.2) is 41.1 Å². The maximum absolute atomic E-state index is 14.5. The van der Waals surface area contributed by atoms with E-state index >= 15 is 0 Å². The predicted molar refractivity (Wildman–Crippen MR) is 108 cm³/mol. The molecule has 1 aliphatic rings. The zero-order chi connectivity index (χ0) is 20.6. The van der Waals surface area contributed by atoms with Gasteiger partial charge in [-0.3, -0.25) is 0 Å². The molecule has 152 valence electrons. The van der Waals surface area contributed by atoms with Crippen LogP contribution in [0.5, 0.6) is 0 Å². The highest BCUT2D eigenvalue weighted by Gasteiger charge is 2.32. The number of piperidine rings is 1. The molecule has 1 fully saturated rings. The van der Waals surface area contributed by atoms with Crippen molar-refractivity contribution in [2.24, 2.45) is 0 Å². The van der Waals surface area contributed by atoms with E-state index in [-0.39, 0.29) is 17.5 Å². The molecule has 8 heteroatoms. The smallest absolute Gasteiger partial charge is 0.272 e. The highest BCUT2D eigenvalue weighted by atomic mass is 19.3. The average Bonchev–Trinajstić information content (AvgIpc) is 3.18. The van der Waals surface area contributed by atoms with Gasteiger partial charge < -0.3 is 15.2 Å². The summed E-state index contributed by atoms with van der Waals surface area (Å²) in [6.45, 7) is 3.78. The molecule has 6 nitrogen and oxygen atoms in total. The molecule has 3 heterocycles. The summed E-state index contributed by atoms with van der Waals surface area (Å²) in [6.07, 6.45) is 4.66. The molecular weight excluding hydrogens is 376 g/mol. The van der Waals surface area contributed by atoms with Crippen molar-refractivity contribution in [2.45, 2.75) is 45.1 Å². The van der Waals surface area contributed by atoms with Gasteiger partial charge in [-0.1, -0.05) is 5.16 Å². The monoisotopic (exact) mass is 399 g/mol. The van der Waals surface area contributed by atoms with Gasteiger partial charge in [0.25, 0.3) is 11.8 Å². The number of hydrogen-bond donors (Lipinski definition) is 1. The number of pyridine rings is 1. The number of nitrogen functional groups attached to an aromatic ring is 1. The van der Waals surface area contributed by atoms with Crippen molar-refractivity contribution in [1.29, 1.82) is 0 Å². The first-order valence-corrected chi connectivity index (χ1v) is 9.68. The Kier molecular flexibility index (Phi) is 4.94. The largest absolute Gasteiger partial charge is 0.384 e. The van der Waals surface area contributed by atoms with Gasteiger partial charge in [0.05, 0.1) is 0 Å². The topological polar surface area (TPSA) is 81.1 Å². The SMILES string of the molecule is CC1CCCCN1c1ccc(-c2nc(-c3ccc(N)nc3)no2)cc1C(C)(F)F. The number of halogens is 2. The van der Waals surface area contributed by atoms with Crippen molar-refractivity contribution in [3.05, 3.63) is 42.1 Å². The van der Waals surface area contributed by atoms with E-state index in [0.717, 1.165) is 32.7 Å². The first-order chi connectivity index (χ1) is 13.8. The molecule has 1 unspecified atom stereocenters. The van der Waals surface area contributed by atoms with Gasteiger partial charge in [-0.2, -0.15) is 4.98 Å². The first-order valence-electron chi connectivity index (χ1n) is 9.68. The van der Waals surface area contributed by atoms with E-state index in [9.17, 15) is 8.78 Å². The van der Waals surface area contributed by atoms with Gasteiger partial charge in [0.2, 0.25) is 5.82 Å². The standard InChI is InChI=1S/C21H23F2N5O/c1-13-5-3-4-10-28(13)17-8-6-14(11-16(17)21(2,22)23)20-26-19(27-29-20)15-7-9-18(24)25-12-15/h6-9,11-13H,3-5,10H2,1-2H3,(H2,24,25). The minimum absolute atomic E-state index is 0.0300. The van der Waals surface area contributed by atoms with Crippen LogP contribution in [-0.4, -0.2) is 27.7 Å². The van der Waals surface area contributed by atoms with E-state index in [0.29, 0.717) is 28.5 Å². The van der Waals surface area contributed by atoms with Crippen LogP contribution in [0.25, 0.3) is 22.8 Å². The summed E-state index contributed by atoms with van der Waals surface area (Å²) in [7, 11) is 0. The second kappa shape index (κ2) is 7.42. The number of nitrogens with zero attached hydrogens (tertiary/aromatic N) is 4. The van der Waals surface area contributed by atoms with Crippen molar-refractivity contribution >= 4 is 11.5 Å². The predicted octanol–water partition coefficient (Wildman–Crippen LogP) is 4.87. The van der Waals surface area contributed by atoms with Crippen molar-refractivity contribution < 1.29 is 13.3 Å². The molecule has 0 amide bonds. The Hall–Kier alpha value is -3.03. The van der Waals surface area contributed by atoms with E-state index in [1.807, 2.05) is 0 Å². The number of nitrogens with two attached hydrogens (primary N) is 1. The maximum Gasteiger partial charge on any atom is 0.272 e. The van der Waals surface area contributed by atoms with Crippen LogP contribution in [0, 0.1) is 0 Å². The molecule has 1 aliphatic heterocycles. The normalized spacial score (nSPS) is 17.5. The number of alkyl halides is 2. The van der Waals surface area contributed by atoms with Gasteiger partial charge in [0.1, 0.15) is 5.82 Å². The first kappa shape index (κ1) is 19.3. The van der Waals surface area contributed by atoms with Crippen molar-refractivity contribution in [2.75, 3.05) is 17.2 Å². The molecule has 0 aliphatic carbocycles. The summed E-state index contributed by atoms with van der Waals surface area (Å²) in [5.41, 5.74) is 7.22. The molecule has 4 rings (SSSR count). The molecule has 0 bridgehead atoms. The summed E-state index contributed by atoms with van der Waals surface area (Å²) in [5.74, 6) is -2.10. The number of aromatic nitrogens is 3. The van der Waals surface area contributed by atoms with E-state index in [2.05, 4.69) is 26.9 Å². The van der Waals surface area contributed by atoms with Crippen LogP contribution in [-0.2, 0) is 5.92 Å². The Morgan fingerprint density at radius 3 is 2.66 bits per heavy atom. The van der Waals surface area contributed by atoms with E-state index < -0.39 is 5.92 Å². The Morgan fingerprint density at radius 2 is 1.97 bits per heavy atom. The van der Waals surface area contributed by atoms with Crippen molar-refractivity contribution in [3.8, 4) is 22.8 Å². The van der Waals surface area contributed by atoms with Gasteiger partial charge in [-0.15, -0.1) is 0 Å². The van der Waals surface area contributed by atoms with Gasteiger partial charge in [0.15, 0.2) is 0 Å². The summed E-state index contributed by atoms with van der Waals surface area (Å²) in [5, 5.41) is 3.94. The van der Waals surface area contributed by atoms with Crippen LogP contribution in [0.3, 0.4) is 0 Å². The molecule has 0 spiro atoms. The second-order valence-corrected chi connectivity index (χ2v) is 7.55. The molecule has 1 atom stereocenters. The fourth-order valence-electron chi connectivity index (χ4n) is 3.72. The van der Waals surface area contributed by atoms with E-state index in [1.54, 1.807) is 24.3 Å². The van der Waals surface area contributed by atoms with Crippen LogP contribution in [0.1, 0.15) is 38.7 Å². The molecule has 1 saturated heterocycles. The lowest BCUT2D eigenvalue weighted by Gasteiger charge is -2.37. The second-order valence-electron chi connectivity index (χ2n) is 7.55. The van der Waals surface area contributed by atoms with Crippen LogP contribution in [0.4, 0.5) is 20.3 Å². The third-order valence-corrected chi connectivity index (χ3v) is 5.30. The quantitative estimate of drug-likeness (QED) is 0.674. The van der Waals surface area contributed by atoms with E-state index in [4.69, 9.17) is 10.3 Å². The lowest BCUT2D eigenvalue weighted by atomic mass is 9.97. The lowest BCUT2D eigenvalue weighted by molar-refractivity contribution is 0.0179. The van der Waals surface area contributed by atoms with Crippen molar-refractivity contribution in [3.63, 3.8) is 0 Å². The number of rotatable bonds is 4. The Bertz CT molecular complexity index is 997. The summed E-state index contributed by atoms with van der Waals surface area (Å²) in [6, 6.07) is 8.53. The highest BCUT2D eigenvalue weighted by molar-refractivity contribution is 5.67. The van der Waals surface area contributed by atoms with Crippen LogP contribution < -0.4 is 10.6 Å². The lowest BCUT2D eigenvalue weighted by Crippen LogP contribution is -2.38. The van der Waals surface area contributed by atoms with Gasteiger partial charge in [0, 0.05) is 48.1 Å². The Labute approximate surface area is 167 Å². The zero-order valence-corrected chi connectivity index (χ0v) is 16.4. The minimum Gasteiger partial charge on any atom is -0.384 e. The zero-order valence-electron chi connectivity index (χ0n) is 16.4. The number of benzene rings is 1. The van der Waals surface area contributed by atoms with Gasteiger partial charge in [-0.05, 0) is 56.5 Å². The summed E-state index contributed by atoms with van der Waals surface area (Å²) >= 11 is 0. The molecular formula is C21H23F2N5O. The fraction of sp³-hybridized carbons (Fsp3) is 0.381. The van der Waals surface area contributed by atoms with Crippen LogP contribution >= 0.6 is 0 Å². The van der Waals surface area contributed by atoms with E-state index in [1.165, 1.54) is 12.3 Å². The highest BCUT2D eigenvalue weighted by Crippen LogP contribution is 2.39. The molecule has 0 saturated carbocycles. The summed E-state index contributed by atoms with van der Waals surface area (Å²) < 4.78 is 34.3. The van der Waals surface area contributed by atoms with Crippen molar-refractivity contribution in [1.82, 2.24) is 15.1 Å². The van der Waals surface area contributed by atoms with Gasteiger partial charge >= 0.3 is 0 Å². The Balaban J connectivity index is 1.71. The van der Waals surface area contributed by atoms with Crippen LogP contribution in [0.2, 0.25) is 0 Å². The molecule has 2 N–H and O–H groups in total. The third kappa shape index (κ3) is 3.92. The Morgan fingerprint density at radius 1 is 1.17 bits per heavy atom. The minimum atomic E-state index is -2.99. The molecule has 29 heavy (non-hydrogen) atoms. The van der Waals surface area contributed by atoms with Gasteiger partial charge in [-0.25, -0.2) is 13.8 Å². The number of anilines is 2. The fourth-order valence-corrected chi connectivity index (χ4v) is 3.72. The molecule has 2 aromatic heterocycles. The molecule has 1 aromatic carbocycles. The number of hydrogen-bond acceptors (Lipinski definition) is 6. The molecule has 0 radical (unpaired) electrons.